The van der Waals surface area contributed by atoms with Crippen LogP contribution in [0.25, 0.3) is 0 Å². The molecule has 1 aromatic heterocycles. The minimum Gasteiger partial charge on any atom is -0.443 e. The van der Waals surface area contributed by atoms with Gasteiger partial charge in [-0.05, 0) is 46.8 Å². The van der Waals surface area contributed by atoms with Gasteiger partial charge in [-0.25, -0.2) is 9.78 Å². The first-order chi connectivity index (χ1) is 8.74. The summed E-state index contributed by atoms with van der Waals surface area (Å²) in [6.45, 7) is 9.20. The summed E-state index contributed by atoms with van der Waals surface area (Å²) in [5.41, 5.74) is -0.103. The molecule has 0 unspecified atom stereocenters. The molecule has 0 bridgehead atoms. The number of hydrogen-bond donors (Lipinski definition) is 0. The van der Waals surface area contributed by atoms with Crippen LogP contribution in [0.1, 0.15) is 40.2 Å². The van der Waals surface area contributed by atoms with Gasteiger partial charge in [-0.3, -0.25) is 4.90 Å². The van der Waals surface area contributed by atoms with Gasteiger partial charge in [-0.1, -0.05) is 0 Å². The van der Waals surface area contributed by atoms with Gasteiger partial charge >= 0.3 is 6.09 Å². The van der Waals surface area contributed by atoms with Crippen molar-refractivity contribution in [2.24, 2.45) is 0 Å². The molecule has 1 heterocycles. The normalized spacial score (nSPS) is 11.0. The van der Waals surface area contributed by atoms with Crippen molar-refractivity contribution in [3.05, 3.63) is 23.9 Å². The molecule has 0 saturated heterocycles. The lowest BCUT2D eigenvalue weighted by molar-refractivity contribution is 0.0569. The molecule has 5 heteroatoms. The van der Waals surface area contributed by atoms with Crippen LogP contribution in [0.3, 0.4) is 0 Å². The quantitative estimate of drug-likeness (QED) is 0.820. The van der Waals surface area contributed by atoms with Crippen molar-refractivity contribution >= 4 is 11.9 Å². The minimum absolute atomic E-state index is 0.0877. The zero-order valence-corrected chi connectivity index (χ0v) is 12.0. The number of pyridine rings is 1. The number of nitrogens with zero attached hydrogens (tertiary/aromatic N) is 3. The second kappa shape index (κ2) is 5.70. The van der Waals surface area contributed by atoms with Crippen LogP contribution in [0.15, 0.2) is 18.3 Å². The Labute approximate surface area is 113 Å². The van der Waals surface area contributed by atoms with Crippen LogP contribution in [0.4, 0.5) is 10.6 Å². The van der Waals surface area contributed by atoms with E-state index in [0.29, 0.717) is 11.4 Å². The molecule has 0 aliphatic heterocycles. The lowest BCUT2D eigenvalue weighted by Gasteiger charge is -2.29. The molecule has 0 radical (unpaired) electrons. The molecule has 0 N–H and O–H groups in total. The average molecular weight is 261 g/mol. The van der Waals surface area contributed by atoms with E-state index in [1.165, 1.54) is 11.1 Å². The number of carbonyl (C=O) groups is 1. The van der Waals surface area contributed by atoms with Crippen LogP contribution in [-0.2, 0) is 4.74 Å². The maximum absolute atomic E-state index is 12.2. The van der Waals surface area contributed by atoms with Gasteiger partial charge in [0.05, 0.1) is 5.56 Å². The van der Waals surface area contributed by atoms with Gasteiger partial charge in [0.25, 0.3) is 0 Å². The second-order valence-electron chi connectivity index (χ2n) is 5.46. The van der Waals surface area contributed by atoms with E-state index in [-0.39, 0.29) is 6.04 Å². The van der Waals surface area contributed by atoms with Crippen molar-refractivity contribution in [3.8, 4) is 6.07 Å². The van der Waals surface area contributed by atoms with Crippen LogP contribution >= 0.6 is 0 Å². The largest absolute Gasteiger partial charge is 0.443 e. The highest BCUT2D eigenvalue weighted by Crippen LogP contribution is 2.18. The van der Waals surface area contributed by atoms with Crippen molar-refractivity contribution in [2.45, 2.75) is 46.3 Å². The van der Waals surface area contributed by atoms with E-state index in [1.54, 1.807) is 12.1 Å². The van der Waals surface area contributed by atoms with E-state index < -0.39 is 11.7 Å². The summed E-state index contributed by atoms with van der Waals surface area (Å²) in [6.07, 6.45) is 0.995. The third-order valence-corrected chi connectivity index (χ3v) is 2.23. The van der Waals surface area contributed by atoms with Crippen LogP contribution in [0, 0.1) is 11.3 Å². The Morgan fingerprint density at radius 2 is 2.05 bits per heavy atom. The van der Waals surface area contributed by atoms with Crippen molar-refractivity contribution in [2.75, 3.05) is 4.90 Å². The Kier molecular flexibility index (Phi) is 4.49. The Hall–Kier alpha value is -2.09. The molecule has 0 aliphatic rings. The van der Waals surface area contributed by atoms with Gasteiger partial charge in [0.2, 0.25) is 0 Å². The molecule has 0 saturated carbocycles. The van der Waals surface area contributed by atoms with Crippen LogP contribution in [0.2, 0.25) is 0 Å². The fraction of sp³-hybridized carbons (Fsp3) is 0.500. The molecule has 0 atom stereocenters. The van der Waals surface area contributed by atoms with Crippen LogP contribution in [-0.4, -0.2) is 22.7 Å². The number of rotatable bonds is 2. The Bertz CT molecular complexity index is 481. The number of ether oxygens (including phenoxy) is 1. The first-order valence-electron chi connectivity index (χ1n) is 6.13. The van der Waals surface area contributed by atoms with E-state index >= 15 is 0 Å². The molecule has 0 aliphatic carbocycles. The van der Waals surface area contributed by atoms with Crippen LogP contribution < -0.4 is 4.90 Å². The molecular weight excluding hydrogens is 242 g/mol. The van der Waals surface area contributed by atoms with Gasteiger partial charge in [-0.2, -0.15) is 5.26 Å². The molecule has 5 nitrogen and oxygen atoms in total. The van der Waals surface area contributed by atoms with E-state index in [2.05, 4.69) is 4.98 Å². The first kappa shape index (κ1) is 15.0. The highest BCUT2D eigenvalue weighted by atomic mass is 16.6. The lowest BCUT2D eigenvalue weighted by Crippen LogP contribution is -2.41. The highest BCUT2D eigenvalue weighted by molar-refractivity contribution is 5.87. The van der Waals surface area contributed by atoms with Gasteiger partial charge < -0.3 is 4.74 Å². The van der Waals surface area contributed by atoms with E-state index in [1.807, 2.05) is 40.7 Å². The topological polar surface area (TPSA) is 66.2 Å². The minimum atomic E-state index is -0.559. The Balaban J connectivity index is 3.00. The zero-order chi connectivity index (χ0) is 14.6. The SMILES string of the molecule is CC(C)N(C(=O)OC(C)(C)C)c1ccc(C#N)cn1. The number of aromatic nitrogens is 1. The van der Waals surface area contributed by atoms with E-state index in [4.69, 9.17) is 10.00 Å². The molecule has 102 valence electrons. The fourth-order valence-corrected chi connectivity index (χ4v) is 1.47. The molecule has 1 aromatic rings. The number of hydrogen-bond acceptors (Lipinski definition) is 4. The maximum Gasteiger partial charge on any atom is 0.416 e. The summed E-state index contributed by atoms with van der Waals surface area (Å²) in [4.78, 5) is 17.7. The monoisotopic (exact) mass is 261 g/mol. The molecular formula is C14H19N3O2. The first-order valence-corrected chi connectivity index (χ1v) is 6.13. The van der Waals surface area contributed by atoms with E-state index in [0.717, 1.165) is 0 Å². The van der Waals surface area contributed by atoms with Gasteiger partial charge in [-0.15, -0.1) is 0 Å². The molecule has 0 spiro atoms. The van der Waals surface area contributed by atoms with E-state index in [9.17, 15) is 4.79 Å². The summed E-state index contributed by atoms with van der Waals surface area (Å²) in [6, 6.07) is 5.17. The van der Waals surface area contributed by atoms with Gasteiger partial charge in [0, 0.05) is 12.2 Å². The molecule has 0 aromatic carbocycles. The smallest absolute Gasteiger partial charge is 0.416 e. The third-order valence-electron chi connectivity index (χ3n) is 2.23. The van der Waals surface area contributed by atoms with Gasteiger partial charge in [0.1, 0.15) is 17.5 Å². The molecule has 19 heavy (non-hydrogen) atoms. The van der Waals surface area contributed by atoms with Crippen molar-refractivity contribution in [1.29, 1.82) is 5.26 Å². The third kappa shape index (κ3) is 4.25. The molecule has 1 amide bonds. The number of anilines is 1. The fourth-order valence-electron chi connectivity index (χ4n) is 1.47. The van der Waals surface area contributed by atoms with Crippen molar-refractivity contribution < 1.29 is 9.53 Å². The second-order valence-corrected chi connectivity index (χ2v) is 5.46. The Morgan fingerprint density at radius 3 is 2.42 bits per heavy atom. The summed E-state index contributed by atoms with van der Waals surface area (Å²) in [5.74, 6) is 0.475. The lowest BCUT2D eigenvalue weighted by atomic mass is 10.2. The van der Waals surface area contributed by atoms with Crippen LogP contribution in [0.5, 0.6) is 0 Å². The predicted molar refractivity (Wildman–Crippen MR) is 72.8 cm³/mol. The molecule has 1 rings (SSSR count). The number of amides is 1. The zero-order valence-electron chi connectivity index (χ0n) is 12.0. The standard InChI is InChI=1S/C14H19N3O2/c1-10(2)17(13(18)19-14(3,4)5)12-7-6-11(8-15)9-16-12/h6-7,9-10H,1-5H3. The van der Waals surface area contributed by atoms with Crippen molar-refractivity contribution in [1.82, 2.24) is 4.98 Å². The summed E-state index contributed by atoms with van der Waals surface area (Å²) in [7, 11) is 0. The van der Waals surface area contributed by atoms with Crippen molar-refractivity contribution in [3.63, 3.8) is 0 Å². The summed E-state index contributed by atoms with van der Waals surface area (Å²) in [5, 5.41) is 8.74. The molecule has 0 fully saturated rings. The highest BCUT2D eigenvalue weighted by Gasteiger charge is 2.26. The average Bonchev–Trinajstić information content (AvgIpc) is 2.27. The Morgan fingerprint density at radius 1 is 1.42 bits per heavy atom. The number of carbonyl (C=O) groups excluding carboxylic acids is 1. The summed E-state index contributed by atoms with van der Waals surface area (Å²) >= 11 is 0. The summed E-state index contributed by atoms with van der Waals surface area (Å²) < 4.78 is 5.35. The van der Waals surface area contributed by atoms with Gasteiger partial charge in [0.15, 0.2) is 0 Å². The maximum atomic E-state index is 12.2. The number of nitriles is 1. The predicted octanol–water partition coefficient (Wildman–Crippen LogP) is 3.10.